The smallest absolute Gasteiger partial charge is 0.146 e. The van der Waals surface area contributed by atoms with Gasteiger partial charge in [-0.15, -0.1) is 0 Å². The molecule has 0 aliphatic heterocycles. The SMILES string of the molecule is Cc1nn(C)c(Nc2cc(F)cc(F)c2)c1C#N. The van der Waals surface area contributed by atoms with Crippen LogP contribution in [0.1, 0.15) is 11.3 Å². The molecule has 1 heterocycles. The van der Waals surface area contributed by atoms with Gasteiger partial charge in [-0.1, -0.05) is 0 Å². The molecule has 1 aromatic heterocycles. The Bertz CT molecular complexity index is 620. The molecule has 0 radical (unpaired) electrons. The third-order valence-electron chi connectivity index (χ3n) is 2.46. The van der Waals surface area contributed by atoms with E-state index in [0.717, 1.165) is 18.2 Å². The van der Waals surface area contributed by atoms with Crippen molar-refractivity contribution in [2.75, 3.05) is 5.32 Å². The van der Waals surface area contributed by atoms with E-state index >= 15 is 0 Å². The van der Waals surface area contributed by atoms with Crippen molar-refractivity contribution >= 4 is 11.5 Å². The third-order valence-corrected chi connectivity index (χ3v) is 2.46. The van der Waals surface area contributed by atoms with Crippen LogP contribution >= 0.6 is 0 Å². The van der Waals surface area contributed by atoms with Gasteiger partial charge in [0.2, 0.25) is 0 Å². The van der Waals surface area contributed by atoms with Gasteiger partial charge in [-0.2, -0.15) is 10.4 Å². The van der Waals surface area contributed by atoms with Gasteiger partial charge >= 0.3 is 0 Å². The standard InChI is InChI=1S/C12H10F2N4/c1-7-11(6-15)12(18(2)17-7)16-10-4-8(13)3-9(14)5-10/h3-5,16H,1-2H3. The van der Waals surface area contributed by atoms with Crippen LogP contribution in [-0.2, 0) is 7.05 Å². The molecule has 0 aliphatic carbocycles. The fourth-order valence-corrected chi connectivity index (χ4v) is 1.70. The van der Waals surface area contributed by atoms with Gasteiger partial charge in [0.15, 0.2) is 0 Å². The number of rotatable bonds is 2. The Hall–Kier alpha value is -2.42. The van der Waals surface area contributed by atoms with Crippen molar-refractivity contribution in [2.45, 2.75) is 6.92 Å². The largest absolute Gasteiger partial charge is 0.339 e. The summed E-state index contributed by atoms with van der Waals surface area (Å²) in [6.45, 7) is 1.69. The first-order valence-electron chi connectivity index (χ1n) is 5.18. The number of nitriles is 1. The monoisotopic (exact) mass is 248 g/mol. The van der Waals surface area contributed by atoms with Gasteiger partial charge in [0, 0.05) is 18.8 Å². The van der Waals surface area contributed by atoms with Gasteiger partial charge in [-0.3, -0.25) is 4.68 Å². The first-order valence-corrected chi connectivity index (χ1v) is 5.18. The Balaban J connectivity index is 2.43. The summed E-state index contributed by atoms with van der Waals surface area (Å²) >= 11 is 0. The van der Waals surface area contributed by atoms with Gasteiger partial charge < -0.3 is 5.32 Å². The summed E-state index contributed by atoms with van der Waals surface area (Å²) in [6, 6.07) is 5.07. The van der Waals surface area contributed by atoms with Crippen LogP contribution in [0, 0.1) is 29.9 Å². The highest BCUT2D eigenvalue weighted by atomic mass is 19.1. The molecule has 92 valence electrons. The predicted octanol–water partition coefficient (Wildman–Crippen LogP) is 2.62. The average molecular weight is 248 g/mol. The van der Waals surface area contributed by atoms with Gasteiger partial charge in [-0.05, 0) is 19.1 Å². The van der Waals surface area contributed by atoms with Crippen molar-refractivity contribution < 1.29 is 8.78 Å². The maximum absolute atomic E-state index is 13.1. The van der Waals surface area contributed by atoms with Crippen LogP contribution in [0.2, 0.25) is 0 Å². The highest BCUT2D eigenvalue weighted by Crippen LogP contribution is 2.23. The van der Waals surface area contributed by atoms with E-state index in [-0.39, 0.29) is 5.69 Å². The zero-order chi connectivity index (χ0) is 13.3. The summed E-state index contributed by atoms with van der Waals surface area (Å²) in [5.41, 5.74) is 1.13. The highest BCUT2D eigenvalue weighted by molar-refractivity contribution is 5.64. The molecule has 0 fully saturated rings. The second-order valence-electron chi connectivity index (χ2n) is 3.83. The first kappa shape index (κ1) is 12.0. The van der Waals surface area contributed by atoms with Gasteiger partial charge in [-0.25, -0.2) is 8.78 Å². The normalized spacial score (nSPS) is 10.2. The lowest BCUT2D eigenvalue weighted by molar-refractivity contribution is 0.584. The van der Waals surface area contributed by atoms with Crippen molar-refractivity contribution in [1.29, 1.82) is 5.26 Å². The minimum absolute atomic E-state index is 0.229. The lowest BCUT2D eigenvalue weighted by Gasteiger charge is -2.07. The van der Waals surface area contributed by atoms with Crippen LogP contribution in [0.15, 0.2) is 18.2 Å². The molecular weight excluding hydrogens is 238 g/mol. The topological polar surface area (TPSA) is 53.6 Å². The molecule has 18 heavy (non-hydrogen) atoms. The number of nitrogens with one attached hydrogen (secondary N) is 1. The molecule has 1 aromatic carbocycles. The molecule has 1 N–H and O–H groups in total. The number of benzene rings is 1. The molecule has 0 spiro atoms. The molecule has 0 aliphatic rings. The molecule has 6 heteroatoms. The average Bonchev–Trinajstić information content (AvgIpc) is 2.52. The molecule has 0 saturated heterocycles. The molecule has 0 saturated carbocycles. The van der Waals surface area contributed by atoms with Crippen molar-refractivity contribution in [1.82, 2.24) is 9.78 Å². The molecule has 0 amide bonds. The second kappa shape index (κ2) is 4.45. The predicted molar refractivity (Wildman–Crippen MR) is 62.3 cm³/mol. The van der Waals surface area contributed by atoms with Crippen LogP contribution in [0.5, 0.6) is 0 Å². The zero-order valence-corrected chi connectivity index (χ0v) is 9.83. The summed E-state index contributed by atoms with van der Waals surface area (Å²) in [4.78, 5) is 0. The lowest BCUT2D eigenvalue weighted by Crippen LogP contribution is -2.01. The van der Waals surface area contributed by atoms with E-state index in [1.807, 2.05) is 6.07 Å². The first-order chi connectivity index (χ1) is 8.51. The van der Waals surface area contributed by atoms with Crippen LogP contribution in [0.3, 0.4) is 0 Å². The van der Waals surface area contributed by atoms with Gasteiger partial charge in [0.1, 0.15) is 29.1 Å². The molecule has 0 atom stereocenters. The Morgan fingerprint density at radius 3 is 2.44 bits per heavy atom. The van der Waals surface area contributed by atoms with Gasteiger partial charge in [0.05, 0.1) is 5.69 Å². The summed E-state index contributed by atoms with van der Waals surface area (Å²) in [7, 11) is 1.64. The van der Waals surface area contributed by atoms with Crippen molar-refractivity contribution in [2.24, 2.45) is 7.05 Å². The highest BCUT2D eigenvalue weighted by Gasteiger charge is 2.13. The van der Waals surface area contributed by atoms with E-state index in [0.29, 0.717) is 17.1 Å². The number of nitrogens with zero attached hydrogens (tertiary/aromatic N) is 3. The quantitative estimate of drug-likeness (QED) is 0.888. The number of aryl methyl sites for hydroxylation is 2. The molecule has 0 unspecified atom stereocenters. The fourth-order valence-electron chi connectivity index (χ4n) is 1.70. The minimum Gasteiger partial charge on any atom is -0.339 e. The maximum Gasteiger partial charge on any atom is 0.146 e. The summed E-state index contributed by atoms with van der Waals surface area (Å²) in [5, 5.41) is 15.9. The Labute approximate surface area is 102 Å². The number of aromatic nitrogens is 2. The summed E-state index contributed by atoms with van der Waals surface area (Å²) < 4.78 is 27.6. The molecule has 2 aromatic rings. The van der Waals surface area contributed by atoms with Crippen molar-refractivity contribution in [3.8, 4) is 6.07 Å². The fraction of sp³-hybridized carbons (Fsp3) is 0.167. The molecule has 0 bridgehead atoms. The molecular formula is C12H10F2N4. The van der Waals surface area contributed by atoms with E-state index in [1.165, 1.54) is 4.68 Å². The van der Waals surface area contributed by atoms with E-state index in [9.17, 15) is 8.78 Å². The third kappa shape index (κ3) is 2.15. The van der Waals surface area contributed by atoms with E-state index in [1.54, 1.807) is 14.0 Å². The van der Waals surface area contributed by atoms with E-state index in [2.05, 4.69) is 10.4 Å². The number of halogens is 2. The van der Waals surface area contributed by atoms with Crippen LogP contribution in [0.4, 0.5) is 20.3 Å². The second-order valence-corrected chi connectivity index (χ2v) is 3.83. The minimum atomic E-state index is -0.685. The maximum atomic E-state index is 13.1. The Kier molecular flexibility index (Phi) is 2.98. The number of hydrogen-bond acceptors (Lipinski definition) is 3. The molecule has 4 nitrogen and oxygen atoms in total. The Morgan fingerprint density at radius 2 is 1.89 bits per heavy atom. The number of anilines is 2. The van der Waals surface area contributed by atoms with Crippen molar-refractivity contribution in [3.05, 3.63) is 41.1 Å². The summed E-state index contributed by atoms with van der Waals surface area (Å²) in [6.07, 6.45) is 0. The molecule has 2 rings (SSSR count). The number of hydrogen-bond donors (Lipinski definition) is 1. The van der Waals surface area contributed by atoms with E-state index in [4.69, 9.17) is 5.26 Å². The lowest BCUT2D eigenvalue weighted by atomic mass is 10.2. The van der Waals surface area contributed by atoms with Crippen LogP contribution in [-0.4, -0.2) is 9.78 Å². The van der Waals surface area contributed by atoms with Crippen molar-refractivity contribution in [3.63, 3.8) is 0 Å². The van der Waals surface area contributed by atoms with E-state index < -0.39 is 11.6 Å². The summed E-state index contributed by atoms with van der Waals surface area (Å²) in [5.74, 6) is -0.968. The van der Waals surface area contributed by atoms with Crippen LogP contribution in [0.25, 0.3) is 0 Å². The Morgan fingerprint density at radius 1 is 1.28 bits per heavy atom. The van der Waals surface area contributed by atoms with Gasteiger partial charge in [0.25, 0.3) is 0 Å². The van der Waals surface area contributed by atoms with Crippen LogP contribution < -0.4 is 5.32 Å². The zero-order valence-electron chi connectivity index (χ0n) is 9.83.